The first kappa shape index (κ1) is 19.3. The highest BCUT2D eigenvalue weighted by atomic mass is 16.5. The number of rotatable bonds is 6. The maximum absolute atomic E-state index is 12.4. The number of aromatic nitrogens is 1. The molecule has 2 unspecified atom stereocenters. The van der Waals surface area contributed by atoms with Crippen molar-refractivity contribution >= 4 is 16.8 Å². The standard InChI is InChI=1S/C22H21N3O3/c1-14(13-26)15(2)24-22(27)21-9-5-17-11-19(8-10-20(17)25-21)28-18-6-3-16(12-23)4-7-18/h3-11,14-15,26H,13H2,1-2H3,(H,24,27). The van der Waals surface area contributed by atoms with Crippen molar-refractivity contribution in [3.63, 3.8) is 0 Å². The molecule has 6 nitrogen and oxygen atoms in total. The molecule has 0 aliphatic heterocycles. The van der Waals surface area contributed by atoms with E-state index in [4.69, 9.17) is 10.00 Å². The van der Waals surface area contributed by atoms with Crippen molar-refractivity contribution in [3.05, 3.63) is 65.9 Å². The summed E-state index contributed by atoms with van der Waals surface area (Å²) in [7, 11) is 0. The maximum atomic E-state index is 12.4. The van der Waals surface area contributed by atoms with Crippen LogP contribution in [-0.2, 0) is 0 Å². The summed E-state index contributed by atoms with van der Waals surface area (Å²) in [4.78, 5) is 16.8. The van der Waals surface area contributed by atoms with E-state index in [9.17, 15) is 9.90 Å². The van der Waals surface area contributed by atoms with Gasteiger partial charge in [0, 0.05) is 18.0 Å². The fourth-order valence-electron chi connectivity index (χ4n) is 2.61. The minimum atomic E-state index is -0.271. The Morgan fingerprint density at radius 3 is 2.54 bits per heavy atom. The van der Waals surface area contributed by atoms with E-state index in [0.717, 1.165) is 5.39 Å². The summed E-state index contributed by atoms with van der Waals surface area (Å²) in [6.45, 7) is 3.73. The molecule has 0 fully saturated rings. The SMILES string of the molecule is CC(CO)C(C)NC(=O)c1ccc2cc(Oc3ccc(C#N)cc3)ccc2n1. The first-order chi connectivity index (χ1) is 13.5. The molecule has 0 bridgehead atoms. The maximum Gasteiger partial charge on any atom is 0.270 e. The Kier molecular flexibility index (Phi) is 5.87. The average molecular weight is 375 g/mol. The summed E-state index contributed by atoms with van der Waals surface area (Å²) >= 11 is 0. The Morgan fingerprint density at radius 2 is 1.86 bits per heavy atom. The normalized spacial score (nSPS) is 12.8. The van der Waals surface area contributed by atoms with Crippen LogP contribution >= 0.6 is 0 Å². The van der Waals surface area contributed by atoms with Gasteiger partial charge in [0.25, 0.3) is 5.91 Å². The number of ether oxygens (including phenoxy) is 1. The van der Waals surface area contributed by atoms with Crippen molar-refractivity contribution in [1.29, 1.82) is 5.26 Å². The smallest absolute Gasteiger partial charge is 0.270 e. The van der Waals surface area contributed by atoms with Gasteiger partial charge in [-0.1, -0.05) is 13.0 Å². The van der Waals surface area contributed by atoms with E-state index in [-0.39, 0.29) is 24.5 Å². The molecule has 1 aromatic heterocycles. The number of nitrogens with zero attached hydrogens (tertiary/aromatic N) is 2. The van der Waals surface area contributed by atoms with Crippen LogP contribution < -0.4 is 10.1 Å². The molecule has 0 saturated carbocycles. The fraction of sp³-hybridized carbons (Fsp3) is 0.227. The van der Waals surface area contributed by atoms with Gasteiger partial charge in [0.1, 0.15) is 17.2 Å². The third-order valence-corrected chi connectivity index (χ3v) is 4.61. The number of carbonyl (C=O) groups is 1. The zero-order chi connectivity index (χ0) is 20.1. The van der Waals surface area contributed by atoms with Crippen LogP contribution in [0.1, 0.15) is 29.9 Å². The molecule has 0 saturated heterocycles. The quantitative estimate of drug-likeness (QED) is 0.686. The molecular formula is C22H21N3O3. The van der Waals surface area contributed by atoms with Crippen LogP contribution in [0.2, 0.25) is 0 Å². The summed E-state index contributed by atoms with van der Waals surface area (Å²) in [5.41, 5.74) is 1.58. The van der Waals surface area contributed by atoms with Crippen LogP contribution in [0.15, 0.2) is 54.6 Å². The first-order valence-corrected chi connectivity index (χ1v) is 9.00. The Hall–Kier alpha value is -3.43. The number of pyridine rings is 1. The number of carbonyl (C=O) groups excluding carboxylic acids is 1. The summed E-state index contributed by atoms with van der Waals surface area (Å²) in [6.07, 6.45) is 0. The minimum Gasteiger partial charge on any atom is -0.457 e. The molecule has 0 radical (unpaired) electrons. The molecule has 1 amide bonds. The highest BCUT2D eigenvalue weighted by molar-refractivity contribution is 5.95. The number of nitrogens with one attached hydrogen (secondary N) is 1. The van der Waals surface area contributed by atoms with E-state index in [2.05, 4.69) is 16.4 Å². The van der Waals surface area contributed by atoms with Gasteiger partial charge in [-0.15, -0.1) is 0 Å². The lowest BCUT2D eigenvalue weighted by Crippen LogP contribution is -2.38. The zero-order valence-electron chi connectivity index (χ0n) is 15.7. The number of amides is 1. The van der Waals surface area contributed by atoms with Gasteiger partial charge < -0.3 is 15.2 Å². The van der Waals surface area contributed by atoms with Crippen molar-refractivity contribution in [2.75, 3.05) is 6.61 Å². The monoisotopic (exact) mass is 375 g/mol. The molecule has 2 atom stereocenters. The zero-order valence-corrected chi connectivity index (χ0v) is 15.7. The van der Waals surface area contributed by atoms with E-state index in [1.54, 1.807) is 42.5 Å². The minimum absolute atomic E-state index is 0.00854. The van der Waals surface area contributed by atoms with Crippen LogP contribution in [-0.4, -0.2) is 28.6 Å². The number of benzene rings is 2. The molecule has 6 heteroatoms. The second-order valence-corrected chi connectivity index (χ2v) is 6.71. The van der Waals surface area contributed by atoms with Crippen molar-refractivity contribution < 1.29 is 14.6 Å². The highest BCUT2D eigenvalue weighted by Crippen LogP contribution is 2.25. The van der Waals surface area contributed by atoms with E-state index in [1.165, 1.54) is 0 Å². The molecule has 2 N–H and O–H groups in total. The predicted molar refractivity (Wildman–Crippen MR) is 106 cm³/mol. The molecule has 0 spiro atoms. The molecule has 1 heterocycles. The molecule has 3 aromatic rings. The van der Waals surface area contributed by atoms with Crippen molar-refractivity contribution in [2.45, 2.75) is 19.9 Å². The van der Waals surface area contributed by atoms with Gasteiger partial charge in [-0.05, 0) is 61.4 Å². The van der Waals surface area contributed by atoms with Crippen LogP contribution in [0.5, 0.6) is 11.5 Å². The third kappa shape index (κ3) is 4.45. The molecule has 142 valence electrons. The lowest BCUT2D eigenvalue weighted by molar-refractivity contribution is 0.0911. The first-order valence-electron chi connectivity index (χ1n) is 9.00. The molecule has 0 aliphatic carbocycles. The van der Waals surface area contributed by atoms with E-state index in [0.29, 0.717) is 28.3 Å². The molecule has 2 aromatic carbocycles. The fourth-order valence-corrected chi connectivity index (χ4v) is 2.61. The number of fused-ring (bicyclic) bond motifs is 1. The Bertz CT molecular complexity index is 1030. The average Bonchev–Trinajstić information content (AvgIpc) is 2.73. The summed E-state index contributed by atoms with van der Waals surface area (Å²) < 4.78 is 5.81. The van der Waals surface area contributed by atoms with Crippen molar-refractivity contribution in [1.82, 2.24) is 10.3 Å². The van der Waals surface area contributed by atoms with Gasteiger partial charge in [0.05, 0.1) is 17.1 Å². The van der Waals surface area contributed by atoms with Crippen LogP contribution in [0.3, 0.4) is 0 Å². The van der Waals surface area contributed by atoms with Gasteiger partial charge >= 0.3 is 0 Å². The van der Waals surface area contributed by atoms with Crippen molar-refractivity contribution in [3.8, 4) is 17.6 Å². The number of nitriles is 1. The molecule has 3 rings (SSSR count). The molecule has 28 heavy (non-hydrogen) atoms. The lowest BCUT2D eigenvalue weighted by atomic mass is 10.1. The predicted octanol–water partition coefficient (Wildman–Crippen LogP) is 3.65. The van der Waals surface area contributed by atoms with Gasteiger partial charge in [0.2, 0.25) is 0 Å². The van der Waals surface area contributed by atoms with E-state index < -0.39 is 0 Å². The molecule has 0 aliphatic rings. The molecular weight excluding hydrogens is 354 g/mol. The van der Waals surface area contributed by atoms with Gasteiger partial charge in [0.15, 0.2) is 0 Å². The lowest BCUT2D eigenvalue weighted by Gasteiger charge is -2.19. The van der Waals surface area contributed by atoms with Crippen LogP contribution in [0, 0.1) is 17.2 Å². The van der Waals surface area contributed by atoms with E-state index >= 15 is 0 Å². The van der Waals surface area contributed by atoms with Crippen molar-refractivity contribution in [2.24, 2.45) is 5.92 Å². The summed E-state index contributed by atoms with van der Waals surface area (Å²) in [5, 5.41) is 21.7. The topological polar surface area (TPSA) is 95.2 Å². The summed E-state index contributed by atoms with van der Waals surface area (Å²) in [6, 6.07) is 17.7. The Morgan fingerprint density at radius 1 is 1.14 bits per heavy atom. The number of hydrogen-bond donors (Lipinski definition) is 2. The summed E-state index contributed by atoms with van der Waals surface area (Å²) in [5.74, 6) is 0.967. The number of aliphatic hydroxyl groups is 1. The van der Waals surface area contributed by atoms with Crippen LogP contribution in [0.25, 0.3) is 10.9 Å². The number of hydrogen-bond acceptors (Lipinski definition) is 5. The highest BCUT2D eigenvalue weighted by Gasteiger charge is 2.16. The van der Waals surface area contributed by atoms with Gasteiger partial charge in [-0.25, -0.2) is 4.98 Å². The number of aliphatic hydroxyl groups excluding tert-OH is 1. The Labute approximate surface area is 163 Å². The largest absolute Gasteiger partial charge is 0.457 e. The second kappa shape index (κ2) is 8.51. The van der Waals surface area contributed by atoms with Gasteiger partial charge in [-0.3, -0.25) is 4.79 Å². The Balaban J connectivity index is 1.76. The second-order valence-electron chi connectivity index (χ2n) is 6.71. The van der Waals surface area contributed by atoms with E-state index in [1.807, 2.05) is 26.0 Å². The third-order valence-electron chi connectivity index (χ3n) is 4.61. The van der Waals surface area contributed by atoms with Gasteiger partial charge in [-0.2, -0.15) is 5.26 Å². The van der Waals surface area contributed by atoms with Crippen LogP contribution in [0.4, 0.5) is 0 Å².